The van der Waals surface area contributed by atoms with Gasteiger partial charge in [-0.15, -0.1) is 0 Å². The van der Waals surface area contributed by atoms with E-state index >= 15 is 0 Å². The van der Waals surface area contributed by atoms with Gasteiger partial charge in [0, 0.05) is 6.08 Å². The highest BCUT2D eigenvalue weighted by Gasteiger charge is 1.82. The predicted octanol–water partition coefficient (Wildman–Crippen LogP) is 3.10. The molecule has 0 aromatic rings. The number of carbonyl (C=O) groups is 1. The second kappa shape index (κ2) is 9.52. The average Bonchev–Trinajstić information content (AvgIpc) is 2.15. The van der Waals surface area contributed by atoms with Crippen molar-refractivity contribution in [2.45, 2.75) is 19.8 Å². The molecule has 0 aliphatic carbocycles. The third-order valence-electron chi connectivity index (χ3n) is 1.42. The lowest BCUT2D eigenvalue weighted by molar-refractivity contribution is -0.131. The lowest BCUT2D eigenvalue weighted by Gasteiger charge is -1.84. The maximum absolute atomic E-state index is 10.1. The molecule has 0 aliphatic rings. The second-order valence-electron chi connectivity index (χ2n) is 2.66. The van der Waals surface area contributed by atoms with Crippen LogP contribution in [0.3, 0.4) is 0 Å². The molecule has 0 heterocycles. The molecule has 2 nitrogen and oxygen atoms in total. The van der Waals surface area contributed by atoms with Crippen LogP contribution >= 0.6 is 0 Å². The summed E-state index contributed by atoms with van der Waals surface area (Å²) >= 11 is 0. The molecule has 14 heavy (non-hydrogen) atoms. The van der Waals surface area contributed by atoms with Crippen molar-refractivity contribution in [1.29, 1.82) is 0 Å². The molecule has 0 rings (SSSR count). The van der Waals surface area contributed by atoms with Gasteiger partial charge >= 0.3 is 5.97 Å². The minimum absolute atomic E-state index is 0.764. The fourth-order valence-corrected chi connectivity index (χ4v) is 0.791. The lowest BCUT2D eigenvalue weighted by Crippen LogP contribution is -1.84. The summed E-state index contributed by atoms with van der Waals surface area (Å²) in [7, 11) is 0. The topological polar surface area (TPSA) is 37.3 Å². The van der Waals surface area contributed by atoms with Crippen LogP contribution in [0, 0.1) is 0 Å². The van der Waals surface area contributed by atoms with Gasteiger partial charge in [-0.3, -0.25) is 0 Å². The van der Waals surface area contributed by atoms with E-state index in [2.05, 4.69) is 0 Å². The Morgan fingerprint density at radius 2 is 1.71 bits per heavy atom. The second-order valence-corrected chi connectivity index (χ2v) is 2.66. The Hall–Kier alpha value is -1.57. The van der Waals surface area contributed by atoms with Gasteiger partial charge in [-0.1, -0.05) is 42.5 Å². The first-order valence-electron chi connectivity index (χ1n) is 4.61. The summed E-state index contributed by atoms with van der Waals surface area (Å²) < 4.78 is 0. The lowest BCUT2D eigenvalue weighted by atomic mass is 10.2. The summed E-state index contributed by atoms with van der Waals surface area (Å²) in [6.07, 6.45) is 16.2. The average molecular weight is 192 g/mol. The first-order valence-corrected chi connectivity index (χ1v) is 4.61. The molecule has 0 atom stereocenters. The van der Waals surface area contributed by atoms with Crippen molar-refractivity contribution in [2.75, 3.05) is 0 Å². The van der Waals surface area contributed by atoms with Crippen molar-refractivity contribution in [3.8, 4) is 0 Å². The van der Waals surface area contributed by atoms with Crippen molar-refractivity contribution < 1.29 is 9.90 Å². The van der Waals surface area contributed by atoms with Crippen molar-refractivity contribution in [3.05, 3.63) is 48.6 Å². The van der Waals surface area contributed by atoms with Gasteiger partial charge in [-0.2, -0.15) is 0 Å². The zero-order valence-corrected chi connectivity index (χ0v) is 8.39. The summed E-state index contributed by atoms with van der Waals surface area (Å²) in [6.45, 7) is 1.96. The van der Waals surface area contributed by atoms with E-state index in [-0.39, 0.29) is 0 Å². The van der Waals surface area contributed by atoms with Gasteiger partial charge in [0.05, 0.1) is 0 Å². The Morgan fingerprint density at radius 1 is 1.07 bits per heavy atom. The predicted molar refractivity (Wildman–Crippen MR) is 59.1 cm³/mol. The van der Waals surface area contributed by atoms with Crippen molar-refractivity contribution in [3.63, 3.8) is 0 Å². The van der Waals surface area contributed by atoms with E-state index in [0.717, 1.165) is 12.8 Å². The van der Waals surface area contributed by atoms with E-state index in [1.54, 1.807) is 6.08 Å². The maximum atomic E-state index is 10.1. The van der Waals surface area contributed by atoms with Gasteiger partial charge in [0.15, 0.2) is 0 Å². The fourth-order valence-electron chi connectivity index (χ4n) is 0.791. The molecule has 1 N–H and O–H groups in total. The van der Waals surface area contributed by atoms with Crippen LogP contribution in [0.5, 0.6) is 0 Å². The van der Waals surface area contributed by atoms with E-state index < -0.39 is 5.97 Å². The molecule has 0 aromatic heterocycles. The van der Waals surface area contributed by atoms with Crippen molar-refractivity contribution in [1.82, 2.24) is 0 Å². The van der Waals surface area contributed by atoms with Crippen LogP contribution in [-0.4, -0.2) is 11.1 Å². The molecule has 0 spiro atoms. The summed E-state index contributed by atoms with van der Waals surface area (Å²) in [5.41, 5.74) is 0. The standard InChI is InChI=1S/C12H16O2/c1-2-3-4-5-6-7-8-9-10-11-12(13)14/h2-7,10-11H,8-9H2,1H3,(H,13,14)/b3-2?,5-4?,7-6?,11-10+. The molecule has 0 saturated heterocycles. The van der Waals surface area contributed by atoms with E-state index in [1.165, 1.54) is 6.08 Å². The Morgan fingerprint density at radius 3 is 2.36 bits per heavy atom. The number of hydrogen-bond donors (Lipinski definition) is 1. The van der Waals surface area contributed by atoms with Crippen LogP contribution in [0.2, 0.25) is 0 Å². The molecule has 0 radical (unpaired) electrons. The molecule has 0 aromatic carbocycles. The third kappa shape index (κ3) is 10.4. The Labute approximate surface area is 85.0 Å². The molecular weight excluding hydrogens is 176 g/mol. The Kier molecular flexibility index (Phi) is 8.45. The monoisotopic (exact) mass is 192 g/mol. The van der Waals surface area contributed by atoms with E-state index in [9.17, 15) is 4.79 Å². The van der Waals surface area contributed by atoms with Gasteiger partial charge in [0.1, 0.15) is 0 Å². The summed E-state index contributed by atoms with van der Waals surface area (Å²) in [6, 6.07) is 0. The fraction of sp³-hybridized carbons (Fsp3) is 0.250. The SMILES string of the molecule is CC=CC=CC=CCC/C=C/C(=O)O. The highest BCUT2D eigenvalue weighted by Crippen LogP contribution is 1.93. The summed E-state index contributed by atoms with van der Waals surface area (Å²) in [5.74, 6) is -0.887. The number of hydrogen-bond acceptors (Lipinski definition) is 1. The minimum atomic E-state index is -0.887. The van der Waals surface area contributed by atoms with Gasteiger partial charge in [0.2, 0.25) is 0 Å². The van der Waals surface area contributed by atoms with Crippen LogP contribution in [0.4, 0.5) is 0 Å². The Bertz CT molecular complexity index is 257. The molecule has 0 amide bonds. The number of unbranched alkanes of at least 4 members (excludes halogenated alkanes) is 1. The zero-order valence-electron chi connectivity index (χ0n) is 8.39. The van der Waals surface area contributed by atoms with Gasteiger partial charge < -0.3 is 5.11 Å². The van der Waals surface area contributed by atoms with E-state index in [4.69, 9.17) is 5.11 Å². The smallest absolute Gasteiger partial charge is 0.327 e. The summed E-state index contributed by atoms with van der Waals surface area (Å²) in [4.78, 5) is 10.1. The molecular formula is C12H16O2. The van der Waals surface area contributed by atoms with Crippen LogP contribution < -0.4 is 0 Å². The maximum Gasteiger partial charge on any atom is 0.327 e. The molecule has 76 valence electrons. The Balaban J connectivity index is 3.49. The van der Waals surface area contributed by atoms with Gasteiger partial charge in [0.25, 0.3) is 0 Å². The van der Waals surface area contributed by atoms with E-state index in [1.807, 2.05) is 43.4 Å². The van der Waals surface area contributed by atoms with Crippen LogP contribution in [-0.2, 0) is 4.79 Å². The molecule has 0 bridgehead atoms. The minimum Gasteiger partial charge on any atom is -0.478 e. The number of aliphatic carboxylic acids is 1. The molecule has 0 aliphatic heterocycles. The van der Waals surface area contributed by atoms with Crippen molar-refractivity contribution in [2.24, 2.45) is 0 Å². The number of carboxylic acid groups (broad SMARTS) is 1. The highest BCUT2D eigenvalue weighted by molar-refractivity contribution is 5.79. The number of allylic oxidation sites excluding steroid dienone is 7. The van der Waals surface area contributed by atoms with Crippen molar-refractivity contribution >= 4 is 5.97 Å². The first-order chi connectivity index (χ1) is 6.77. The third-order valence-corrected chi connectivity index (χ3v) is 1.42. The first kappa shape index (κ1) is 12.4. The van der Waals surface area contributed by atoms with Crippen LogP contribution in [0.15, 0.2) is 48.6 Å². The zero-order chi connectivity index (χ0) is 10.6. The van der Waals surface area contributed by atoms with Crippen LogP contribution in [0.1, 0.15) is 19.8 Å². The number of carboxylic acids is 1. The normalized spacial score (nSPS) is 12.6. The largest absolute Gasteiger partial charge is 0.478 e. The molecule has 0 unspecified atom stereocenters. The van der Waals surface area contributed by atoms with E-state index in [0.29, 0.717) is 0 Å². The van der Waals surface area contributed by atoms with Gasteiger partial charge in [-0.25, -0.2) is 4.79 Å². The highest BCUT2D eigenvalue weighted by atomic mass is 16.4. The van der Waals surface area contributed by atoms with Crippen LogP contribution in [0.25, 0.3) is 0 Å². The quantitative estimate of drug-likeness (QED) is 0.399. The van der Waals surface area contributed by atoms with Gasteiger partial charge in [-0.05, 0) is 19.8 Å². The summed E-state index contributed by atoms with van der Waals surface area (Å²) in [5, 5.41) is 8.29. The number of rotatable bonds is 6. The molecule has 2 heteroatoms. The molecule has 0 saturated carbocycles. The molecule has 0 fully saturated rings.